The molecule has 0 spiro atoms. The summed E-state index contributed by atoms with van der Waals surface area (Å²) in [5.41, 5.74) is 2.37. The number of carbonyl (C=O) groups is 1. The van der Waals surface area contributed by atoms with Crippen LogP contribution in [0, 0.1) is 5.92 Å². The standard InChI is InChI=1S/C26H30ClN5O6/c1-32(11-14-6-8-28-9-7-14)26(34)37-16-4-2-15(3-5-16)21-17(27)10-18-24(30-21)31-25(29-18)38-20-13-36-22-19(33)12-35-23(20)22/h2-5,10,14,19-20,22-23,28,33H,6-9,11-13H2,1H3,(H,29,30,31)/t19-,20-,22-,23-/m1/s1. The lowest BCUT2D eigenvalue weighted by molar-refractivity contribution is 0.00706. The molecule has 0 aliphatic carbocycles. The number of aromatic nitrogens is 3. The second-order valence-corrected chi connectivity index (χ2v) is 10.4. The SMILES string of the molecule is CN(CC1CCNCC1)C(=O)Oc1ccc(-c2nc3nc(O[C@@H]4CO[C@H]5[C@@H]4OC[C@H]5O)[nH]c3cc2Cl)cc1. The number of rotatable bonds is 6. The van der Waals surface area contributed by atoms with E-state index in [4.69, 9.17) is 30.5 Å². The maximum absolute atomic E-state index is 12.5. The van der Waals surface area contributed by atoms with Crippen LogP contribution in [0.25, 0.3) is 22.4 Å². The number of amides is 1. The monoisotopic (exact) mass is 543 g/mol. The molecule has 11 nitrogen and oxygen atoms in total. The van der Waals surface area contributed by atoms with Crippen LogP contribution in [-0.4, -0.2) is 95.4 Å². The van der Waals surface area contributed by atoms with Crippen molar-refractivity contribution >= 4 is 28.9 Å². The van der Waals surface area contributed by atoms with Gasteiger partial charge < -0.3 is 39.3 Å². The van der Waals surface area contributed by atoms with Crippen molar-refractivity contribution < 1.29 is 28.8 Å². The number of piperidine rings is 1. The molecule has 2 aromatic heterocycles. The number of hydrogen-bond donors (Lipinski definition) is 3. The average molecular weight is 544 g/mol. The molecule has 5 heterocycles. The van der Waals surface area contributed by atoms with Gasteiger partial charge in [-0.25, -0.2) is 9.78 Å². The van der Waals surface area contributed by atoms with E-state index in [0.717, 1.165) is 31.5 Å². The van der Waals surface area contributed by atoms with Crippen LogP contribution in [-0.2, 0) is 9.47 Å². The molecule has 12 heteroatoms. The number of aliphatic hydroxyl groups excluding tert-OH is 1. The van der Waals surface area contributed by atoms with E-state index < -0.39 is 6.10 Å². The number of nitrogens with one attached hydrogen (secondary N) is 2. The fourth-order valence-corrected chi connectivity index (χ4v) is 5.49. The first-order valence-electron chi connectivity index (χ1n) is 12.8. The molecule has 202 valence electrons. The van der Waals surface area contributed by atoms with Crippen LogP contribution >= 0.6 is 11.6 Å². The predicted octanol–water partition coefficient (Wildman–Crippen LogP) is 2.61. The van der Waals surface area contributed by atoms with Crippen LogP contribution in [0.1, 0.15) is 12.8 Å². The lowest BCUT2D eigenvalue weighted by Crippen LogP contribution is -2.38. The minimum atomic E-state index is -0.651. The Morgan fingerprint density at radius 1 is 1.16 bits per heavy atom. The van der Waals surface area contributed by atoms with Gasteiger partial charge in [0, 0.05) is 19.2 Å². The van der Waals surface area contributed by atoms with E-state index in [1.807, 2.05) is 0 Å². The summed E-state index contributed by atoms with van der Waals surface area (Å²) in [6.07, 6.45) is -0.0353. The minimum Gasteiger partial charge on any atom is -0.456 e. The van der Waals surface area contributed by atoms with Crippen molar-refractivity contribution in [1.82, 2.24) is 25.2 Å². The van der Waals surface area contributed by atoms with Crippen molar-refractivity contribution in [2.75, 3.05) is 39.9 Å². The molecular formula is C26H30ClN5O6. The van der Waals surface area contributed by atoms with Gasteiger partial charge in [0.25, 0.3) is 6.01 Å². The number of carbonyl (C=O) groups excluding carboxylic acids is 1. The summed E-state index contributed by atoms with van der Waals surface area (Å²) >= 11 is 6.55. The number of benzene rings is 1. The first-order chi connectivity index (χ1) is 18.4. The van der Waals surface area contributed by atoms with Gasteiger partial charge in [0.1, 0.15) is 24.1 Å². The van der Waals surface area contributed by atoms with Crippen molar-refractivity contribution in [1.29, 1.82) is 0 Å². The molecule has 1 amide bonds. The highest BCUT2D eigenvalue weighted by Crippen LogP contribution is 2.32. The van der Waals surface area contributed by atoms with Gasteiger partial charge in [-0.2, -0.15) is 4.98 Å². The van der Waals surface area contributed by atoms with Crippen LogP contribution in [0.15, 0.2) is 30.3 Å². The lowest BCUT2D eigenvalue weighted by atomic mass is 9.98. The summed E-state index contributed by atoms with van der Waals surface area (Å²) < 4.78 is 22.7. The number of halogens is 1. The highest BCUT2D eigenvalue weighted by molar-refractivity contribution is 6.33. The molecule has 3 aliphatic heterocycles. The van der Waals surface area contributed by atoms with Crippen molar-refractivity contribution in [3.8, 4) is 23.0 Å². The van der Waals surface area contributed by atoms with E-state index in [9.17, 15) is 9.90 Å². The average Bonchev–Trinajstić information content (AvgIpc) is 3.61. The van der Waals surface area contributed by atoms with Crippen LogP contribution in [0.5, 0.6) is 11.8 Å². The van der Waals surface area contributed by atoms with Crippen LogP contribution < -0.4 is 14.8 Å². The Bertz CT molecular complexity index is 1300. The Hall–Kier alpha value is -2.96. The van der Waals surface area contributed by atoms with E-state index in [-0.39, 0.29) is 37.0 Å². The largest absolute Gasteiger partial charge is 0.456 e. The van der Waals surface area contributed by atoms with Crippen LogP contribution in [0.3, 0.4) is 0 Å². The number of aliphatic hydroxyl groups is 1. The van der Waals surface area contributed by atoms with Gasteiger partial charge in [0.15, 0.2) is 11.8 Å². The van der Waals surface area contributed by atoms with Crippen molar-refractivity contribution in [2.24, 2.45) is 5.92 Å². The molecule has 3 saturated heterocycles. The molecule has 0 saturated carbocycles. The Labute approximate surface area is 224 Å². The highest BCUT2D eigenvalue weighted by Gasteiger charge is 2.48. The quantitative estimate of drug-likeness (QED) is 0.429. The molecule has 4 atom stereocenters. The summed E-state index contributed by atoms with van der Waals surface area (Å²) in [5.74, 6) is 0.930. The van der Waals surface area contributed by atoms with Crippen LogP contribution in [0.2, 0.25) is 5.02 Å². The summed E-state index contributed by atoms with van der Waals surface area (Å²) in [6.45, 7) is 3.18. The van der Waals surface area contributed by atoms with Crippen molar-refractivity contribution in [3.63, 3.8) is 0 Å². The normalized spacial score (nSPS) is 25.4. The van der Waals surface area contributed by atoms with E-state index in [1.54, 1.807) is 42.3 Å². The van der Waals surface area contributed by atoms with Crippen molar-refractivity contribution in [3.05, 3.63) is 35.4 Å². The number of H-pyrrole nitrogens is 1. The summed E-state index contributed by atoms with van der Waals surface area (Å²) in [6, 6.07) is 9.07. The number of fused-ring (bicyclic) bond motifs is 2. The third-order valence-electron chi connectivity index (χ3n) is 7.29. The molecule has 3 N–H and O–H groups in total. The van der Waals surface area contributed by atoms with E-state index >= 15 is 0 Å². The number of hydrogen-bond acceptors (Lipinski definition) is 9. The number of ether oxygens (including phenoxy) is 4. The Morgan fingerprint density at radius 2 is 1.92 bits per heavy atom. The number of nitrogens with zero attached hydrogens (tertiary/aromatic N) is 3. The van der Waals surface area contributed by atoms with Crippen molar-refractivity contribution in [2.45, 2.75) is 37.3 Å². The fraction of sp³-hybridized carbons (Fsp3) is 0.500. The third kappa shape index (κ3) is 5.16. The molecular weight excluding hydrogens is 514 g/mol. The molecule has 38 heavy (non-hydrogen) atoms. The molecule has 0 unspecified atom stereocenters. The first-order valence-corrected chi connectivity index (χ1v) is 13.2. The lowest BCUT2D eigenvalue weighted by Gasteiger charge is -2.27. The molecule has 0 bridgehead atoms. The smallest absolute Gasteiger partial charge is 0.414 e. The van der Waals surface area contributed by atoms with Crippen LogP contribution in [0.4, 0.5) is 4.79 Å². The highest BCUT2D eigenvalue weighted by atomic mass is 35.5. The van der Waals surface area contributed by atoms with Gasteiger partial charge in [0.2, 0.25) is 0 Å². The number of aromatic amines is 1. The Morgan fingerprint density at radius 3 is 2.71 bits per heavy atom. The number of pyridine rings is 1. The Kier molecular flexibility index (Phi) is 7.10. The van der Waals surface area contributed by atoms with E-state index in [0.29, 0.717) is 46.7 Å². The zero-order valence-electron chi connectivity index (χ0n) is 20.9. The second kappa shape index (κ2) is 10.7. The summed E-state index contributed by atoms with van der Waals surface area (Å²) in [5, 5.41) is 13.7. The van der Waals surface area contributed by atoms with E-state index in [1.165, 1.54) is 0 Å². The topological polar surface area (TPSA) is 131 Å². The summed E-state index contributed by atoms with van der Waals surface area (Å²) in [4.78, 5) is 26.3. The molecule has 1 aromatic carbocycles. The van der Waals surface area contributed by atoms with Gasteiger partial charge in [-0.1, -0.05) is 11.6 Å². The summed E-state index contributed by atoms with van der Waals surface area (Å²) in [7, 11) is 1.77. The molecule has 3 aliphatic rings. The second-order valence-electron chi connectivity index (χ2n) is 10.0. The van der Waals surface area contributed by atoms with Gasteiger partial charge >= 0.3 is 6.09 Å². The fourth-order valence-electron chi connectivity index (χ4n) is 5.23. The zero-order chi connectivity index (χ0) is 26.2. The van der Waals surface area contributed by atoms with Gasteiger partial charge in [0.05, 0.1) is 29.4 Å². The molecule has 0 radical (unpaired) electrons. The molecule has 3 fully saturated rings. The maximum Gasteiger partial charge on any atom is 0.414 e. The van der Waals surface area contributed by atoms with Gasteiger partial charge in [-0.15, -0.1) is 0 Å². The number of imidazole rings is 1. The van der Waals surface area contributed by atoms with Gasteiger partial charge in [-0.05, 0) is 62.2 Å². The first kappa shape index (κ1) is 25.3. The maximum atomic E-state index is 12.5. The zero-order valence-corrected chi connectivity index (χ0v) is 21.7. The van der Waals surface area contributed by atoms with E-state index in [2.05, 4.69) is 20.3 Å². The molecule has 6 rings (SSSR count). The molecule has 3 aromatic rings. The predicted molar refractivity (Wildman–Crippen MR) is 138 cm³/mol. The minimum absolute atomic E-state index is 0.225. The Balaban J connectivity index is 1.12. The van der Waals surface area contributed by atoms with Gasteiger partial charge in [-0.3, -0.25) is 0 Å². The third-order valence-corrected chi connectivity index (χ3v) is 7.57.